The fraction of sp³-hybridized carbons (Fsp3) is 0.133. The number of rotatable bonds is 2. The van der Waals surface area contributed by atoms with Gasteiger partial charge in [-0.2, -0.15) is 0 Å². The van der Waals surface area contributed by atoms with E-state index >= 15 is 0 Å². The number of phenolic OH excluding ortho intramolecular Hbond substituents is 1. The van der Waals surface area contributed by atoms with E-state index in [1.165, 1.54) is 0 Å². The number of hydrogen-bond acceptors (Lipinski definition) is 2. The number of halogens is 1. The van der Waals surface area contributed by atoms with Crippen LogP contribution in [0.25, 0.3) is 0 Å². The third-order valence-electron chi connectivity index (χ3n) is 2.65. The van der Waals surface area contributed by atoms with Crippen molar-refractivity contribution >= 4 is 27.8 Å². The SMILES string of the molecule is Cc1cc(C)c(O)c(N=Cc2ccc(Br)cc2)c1. The smallest absolute Gasteiger partial charge is 0.144 e. The van der Waals surface area contributed by atoms with Crippen molar-refractivity contribution in [2.45, 2.75) is 13.8 Å². The normalized spacial score (nSPS) is 11.1. The standard InChI is InChI=1S/C15H14BrNO/c1-10-7-11(2)15(18)14(8-10)17-9-12-3-5-13(16)6-4-12/h3-9,18H,1-2H3. The predicted molar refractivity (Wildman–Crippen MR) is 79.0 cm³/mol. The van der Waals surface area contributed by atoms with Crippen LogP contribution >= 0.6 is 15.9 Å². The summed E-state index contributed by atoms with van der Waals surface area (Å²) in [4.78, 5) is 4.34. The zero-order chi connectivity index (χ0) is 13.1. The highest BCUT2D eigenvalue weighted by Gasteiger charge is 2.03. The van der Waals surface area contributed by atoms with Crippen molar-refractivity contribution in [3.8, 4) is 5.75 Å². The van der Waals surface area contributed by atoms with Gasteiger partial charge in [-0.3, -0.25) is 4.99 Å². The first-order valence-electron chi connectivity index (χ1n) is 5.66. The molecule has 0 spiro atoms. The summed E-state index contributed by atoms with van der Waals surface area (Å²) in [6.45, 7) is 3.87. The molecular formula is C15H14BrNO. The van der Waals surface area contributed by atoms with Crippen LogP contribution in [0.2, 0.25) is 0 Å². The van der Waals surface area contributed by atoms with Crippen molar-refractivity contribution in [1.29, 1.82) is 0 Å². The van der Waals surface area contributed by atoms with E-state index in [4.69, 9.17) is 0 Å². The second-order valence-electron chi connectivity index (χ2n) is 4.26. The van der Waals surface area contributed by atoms with Crippen LogP contribution in [0.1, 0.15) is 16.7 Å². The van der Waals surface area contributed by atoms with Crippen LogP contribution in [0.4, 0.5) is 5.69 Å². The summed E-state index contributed by atoms with van der Waals surface area (Å²) in [6, 6.07) is 11.7. The van der Waals surface area contributed by atoms with Crippen LogP contribution in [0.3, 0.4) is 0 Å². The number of benzene rings is 2. The predicted octanol–water partition coefficient (Wildman–Crippen LogP) is 4.52. The lowest BCUT2D eigenvalue weighted by molar-refractivity contribution is 0.472. The zero-order valence-electron chi connectivity index (χ0n) is 10.3. The van der Waals surface area contributed by atoms with Crippen molar-refractivity contribution in [3.05, 3.63) is 57.6 Å². The highest BCUT2D eigenvalue weighted by Crippen LogP contribution is 2.31. The number of hydrogen-bond donors (Lipinski definition) is 1. The molecule has 0 fully saturated rings. The Morgan fingerprint density at radius 2 is 1.78 bits per heavy atom. The molecule has 0 saturated carbocycles. The van der Waals surface area contributed by atoms with Crippen LogP contribution in [-0.2, 0) is 0 Å². The average molecular weight is 304 g/mol. The Morgan fingerprint density at radius 1 is 1.11 bits per heavy atom. The summed E-state index contributed by atoms with van der Waals surface area (Å²) in [6.07, 6.45) is 1.75. The molecule has 0 amide bonds. The highest BCUT2D eigenvalue weighted by atomic mass is 79.9. The minimum Gasteiger partial charge on any atom is -0.505 e. The lowest BCUT2D eigenvalue weighted by atomic mass is 10.1. The summed E-state index contributed by atoms with van der Waals surface area (Å²) in [5.74, 6) is 0.244. The Kier molecular flexibility index (Phi) is 3.82. The van der Waals surface area contributed by atoms with Crippen LogP contribution in [0.5, 0.6) is 5.75 Å². The van der Waals surface area contributed by atoms with E-state index in [0.29, 0.717) is 5.69 Å². The molecule has 0 bridgehead atoms. The summed E-state index contributed by atoms with van der Waals surface area (Å²) < 4.78 is 1.04. The second kappa shape index (κ2) is 5.36. The minimum absolute atomic E-state index is 0.244. The lowest BCUT2D eigenvalue weighted by Crippen LogP contribution is -1.82. The van der Waals surface area contributed by atoms with Crippen molar-refractivity contribution in [3.63, 3.8) is 0 Å². The molecule has 0 aromatic heterocycles. The van der Waals surface area contributed by atoms with E-state index in [1.807, 2.05) is 50.2 Å². The molecule has 2 nitrogen and oxygen atoms in total. The van der Waals surface area contributed by atoms with Gasteiger partial charge in [-0.05, 0) is 48.7 Å². The Hall–Kier alpha value is -1.61. The number of aryl methyl sites for hydroxylation is 2. The molecule has 0 aliphatic carbocycles. The molecule has 0 radical (unpaired) electrons. The summed E-state index contributed by atoms with van der Waals surface area (Å²) in [5, 5.41) is 9.92. The van der Waals surface area contributed by atoms with Gasteiger partial charge in [-0.1, -0.05) is 34.1 Å². The fourth-order valence-electron chi connectivity index (χ4n) is 1.73. The molecule has 2 aromatic rings. The molecule has 0 aliphatic rings. The van der Waals surface area contributed by atoms with E-state index in [9.17, 15) is 5.11 Å². The molecule has 0 aliphatic heterocycles. The number of nitrogens with zero attached hydrogens (tertiary/aromatic N) is 1. The van der Waals surface area contributed by atoms with Gasteiger partial charge in [0.1, 0.15) is 11.4 Å². The Morgan fingerprint density at radius 3 is 2.44 bits per heavy atom. The molecule has 18 heavy (non-hydrogen) atoms. The third kappa shape index (κ3) is 2.99. The van der Waals surface area contributed by atoms with E-state index in [1.54, 1.807) is 6.21 Å². The van der Waals surface area contributed by atoms with Crippen LogP contribution in [-0.4, -0.2) is 11.3 Å². The van der Waals surface area contributed by atoms with E-state index < -0.39 is 0 Å². The molecule has 3 heteroatoms. The summed E-state index contributed by atoms with van der Waals surface area (Å²) >= 11 is 3.39. The molecular weight excluding hydrogens is 290 g/mol. The van der Waals surface area contributed by atoms with Gasteiger partial charge in [-0.15, -0.1) is 0 Å². The first-order chi connectivity index (χ1) is 8.56. The van der Waals surface area contributed by atoms with Gasteiger partial charge < -0.3 is 5.11 Å². The molecule has 92 valence electrons. The second-order valence-corrected chi connectivity index (χ2v) is 5.17. The molecule has 0 atom stereocenters. The van der Waals surface area contributed by atoms with Gasteiger partial charge in [0.2, 0.25) is 0 Å². The van der Waals surface area contributed by atoms with E-state index in [2.05, 4.69) is 20.9 Å². The summed E-state index contributed by atoms with van der Waals surface area (Å²) in [5.41, 5.74) is 3.54. The number of aromatic hydroxyl groups is 1. The Bertz CT molecular complexity index is 588. The first-order valence-corrected chi connectivity index (χ1v) is 6.45. The Balaban J connectivity index is 2.31. The van der Waals surface area contributed by atoms with Crippen molar-refractivity contribution in [1.82, 2.24) is 0 Å². The highest BCUT2D eigenvalue weighted by molar-refractivity contribution is 9.10. The van der Waals surface area contributed by atoms with Crippen LogP contribution < -0.4 is 0 Å². The monoisotopic (exact) mass is 303 g/mol. The largest absolute Gasteiger partial charge is 0.505 e. The minimum atomic E-state index is 0.244. The maximum atomic E-state index is 9.92. The molecule has 0 unspecified atom stereocenters. The molecule has 2 rings (SSSR count). The third-order valence-corrected chi connectivity index (χ3v) is 3.18. The lowest BCUT2D eigenvalue weighted by Gasteiger charge is -2.04. The van der Waals surface area contributed by atoms with Gasteiger partial charge in [0, 0.05) is 10.7 Å². The molecule has 0 heterocycles. The van der Waals surface area contributed by atoms with E-state index in [-0.39, 0.29) is 5.75 Å². The summed E-state index contributed by atoms with van der Waals surface area (Å²) in [7, 11) is 0. The van der Waals surface area contributed by atoms with Gasteiger partial charge in [0.05, 0.1) is 0 Å². The topological polar surface area (TPSA) is 32.6 Å². The fourth-order valence-corrected chi connectivity index (χ4v) is 1.99. The average Bonchev–Trinajstić information content (AvgIpc) is 2.34. The van der Waals surface area contributed by atoms with Gasteiger partial charge >= 0.3 is 0 Å². The van der Waals surface area contributed by atoms with Crippen molar-refractivity contribution in [2.75, 3.05) is 0 Å². The van der Waals surface area contributed by atoms with Crippen molar-refractivity contribution in [2.24, 2.45) is 4.99 Å². The van der Waals surface area contributed by atoms with Gasteiger partial charge in [0.25, 0.3) is 0 Å². The quantitative estimate of drug-likeness (QED) is 0.813. The Labute approximate surface area is 115 Å². The molecule has 0 saturated heterocycles. The molecule has 2 aromatic carbocycles. The molecule has 1 N–H and O–H groups in total. The van der Waals surface area contributed by atoms with E-state index in [0.717, 1.165) is 21.2 Å². The van der Waals surface area contributed by atoms with Crippen LogP contribution in [0.15, 0.2) is 45.9 Å². The number of phenols is 1. The maximum absolute atomic E-state index is 9.92. The maximum Gasteiger partial charge on any atom is 0.144 e. The van der Waals surface area contributed by atoms with Crippen LogP contribution in [0, 0.1) is 13.8 Å². The number of aliphatic imine (C=N–C) groups is 1. The zero-order valence-corrected chi connectivity index (χ0v) is 11.9. The van der Waals surface area contributed by atoms with Crippen molar-refractivity contribution < 1.29 is 5.11 Å². The van der Waals surface area contributed by atoms with Gasteiger partial charge in [0.15, 0.2) is 0 Å². The first kappa shape index (κ1) is 12.8. The van der Waals surface area contributed by atoms with Gasteiger partial charge in [-0.25, -0.2) is 0 Å².